The molecule has 0 atom stereocenters. The zero-order chi connectivity index (χ0) is 20.7. The van der Waals surface area contributed by atoms with Crippen LogP contribution in [0.2, 0.25) is 0 Å². The normalized spacial score (nSPS) is 10.9. The predicted molar refractivity (Wildman–Crippen MR) is 104 cm³/mol. The molecular formula is C20H18N2O6S. The van der Waals surface area contributed by atoms with Crippen LogP contribution in [0, 0.1) is 0 Å². The van der Waals surface area contributed by atoms with Crippen molar-refractivity contribution in [3.05, 3.63) is 95.8 Å². The molecule has 0 aliphatic carbocycles. The Balaban J connectivity index is 1.62. The summed E-state index contributed by atoms with van der Waals surface area (Å²) in [6.45, 7) is -0.114. The van der Waals surface area contributed by atoms with E-state index in [0.29, 0.717) is 9.54 Å². The Labute approximate surface area is 167 Å². The van der Waals surface area contributed by atoms with E-state index in [1.165, 1.54) is 12.1 Å². The van der Waals surface area contributed by atoms with E-state index in [4.69, 9.17) is 9.47 Å². The third-order valence-corrected chi connectivity index (χ3v) is 5.08. The van der Waals surface area contributed by atoms with Gasteiger partial charge in [-0.1, -0.05) is 60.7 Å². The van der Waals surface area contributed by atoms with Crippen molar-refractivity contribution < 1.29 is 27.5 Å². The number of hydrogen-bond acceptors (Lipinski definition) is 6. The first-order valence-electron chi connectivity index (χ1n) is 8.58. The number of nitrogens with one attached hydrogen (secondary N) is 1. The van der Waals surface area contributed by atoms with Gasteiger partial charge in [-0.15, -0.1) is 0 Å². The van der Waals surface area contributed by atoms with E-state index in [1.54, 1.807) is 59.3 Å². The minimum atomic E-state index is -4.39. The monoisotopic (exact) mass is 414 g/mol. The summed E-state index contributed by atoms with van der Waals surface area (Å²) in [5, 5.41) is 0. The molecule has 0 bridgehead atoms. The van der Waals surface area contributed by atoms with Crippen molar-refractivity contribution in [2.45, 2.75) is 13.2 Å². The average molecular weight is 414 g/mol. The van der Waals surface area contributed by atoms with Crippen LogP contribution < -0.4 is 4.72 Å². The molecule has 8 nitrogen and oxygen atoms in total. The molecule has 0 spiro atoms. The van der Waals surface area contributed by atoms with Crippen LogP contribution in [0.25, 0.3) is 0 Å². The maximum Gasteiger partial charge on any atom is 0.422 e. The molecule has 1 aromatic heterocycles. The molecule has 0 saturated heterocycles. The maximum atomic E-state index is 12.5. The van der Waals surface area contributed by atoms with Crippen LogP contribution in [0.15, 0.2) is 79.0 Å². The Kier molecular flexibility index (Phi) is 6.30. The molecule has 0 fully saturated rings. The zero-order valence-corrected chi connectivity index (χ0v) is 16.0. The molecule has 3 aromatic rings. The lowest BCUT2D eigenvalue weighted by molar-refractivity contribution is 0.0464. The fraction of sp³-hybridized carbons (Fsp3) is 0.100. The number of rotatable bonds is 7. The minimum Gasteiger partial charge on any atom is -0.456 e. The van der Waals surface area contributed by atoms with Crippen molar-refractivity contribution in [1.82, 2.24) is 8.69 Å². The molecule has 0 saturated carbocycles. The van der Waals surface area contributed by atoms with Crippen LogP contribution in [-0.4, -0.2) is 24.5 Å². The lowest BCUT2D eigenvalue weighted by Crippen LogP contribution is -2.36. The van der Waals surface area contributed by atoms with E-state index in [0.717, 1.165) is 11.8 Å². The Morgan fingerprint density at radius 1 is 0.793 bits per heavy atom. The van der Waals surface area contributed by atoms with Gasteiger partial charge in [-0.2, -0.15) is 8.42 Å². The molecule has 3 rings (SSSR count). The first-order chi connectivity index (χ1) is 14.0. The summed E-state index contributed by atoms with van der Waals surface area (Å²) in [4.78, 5) is 24.2. The second-order valence-corrected chi connectivity index (χ2v) is 7.47. The number of ether oxygens (including phenoxy) is 2. The number of benzene rings is 2. The molecule has 0 radical (unpaired) electrons. The first-order valence-corrected chi connectivity index (χ1v) is 10.0. The van der Waals surface area contributed by atoms with E-state index >= 15 is 0 Å². The highest BCUT2D eigenvalue weighted by Crippen LogP contribution is 2.10. The summed E-state index contributed by atoms with van der Waals surface area (Å²) >= 11 is 0. The largest absolute Gasteiger partial charge is 0.456 e. The number of nitrogens with zero attached hydrogens (tertiary/aromatic N) is 1. The van der Waals surface area contributed by atoms with Crippen molar-refractivity contribution in [3.8, 4) is 0 Å². The molecule has 9 heteroatoms. The Bertz CT molecular complexity index is 1080. The topological polar surface area (TPSA) is 104 Å². The molecule has 2 aromatic carbocycles. The number of aromatic nitrogens is 1. The number of esters is 1. The Morgan fingerprint density at radius 3 is 1.93 bits per heavy atom. The van der Waals surface area contributed by atoms with Crippen molar-refractivity contribution in [1.29, 1.82) is 0 Å². The van der Waals surface area contributed by atoms with E-state index in [9.17, 15) is 18.0 Å². The smallest absolute Gasteiger partial charge is 0.422 e. The van der Waals surface area contributed by atoms with Crippen LogP contribution in [0.5, 0.6) is 0 Å². The summed E-state index contributed by atoms with van der Waals surface area (Å²) in [5.74, 6) is -0.845. The van der Waals surface area contributed by atoms with Gasteiger partial charge in [-0.25, -0.2) is 18.3 Å². The standard InChI is InChI=1S/C20H18N2O6S/c23-19(27-14-16-8-3-1-4-9-16)18-12-7-13-22(18)29(25,26)21-20(24)28-15-17-10-5-2-6-11-17/h1-13H,14-15H2,(H,21,24). The average Bonchev–Trinajstić information content (AvgIpc) is 3.23. The van der Waals surface area contributed by atoms with Gasteiger partial charge in [0.1, 0.15) is 18.9 Å². The summed E-state index contributed by atoms with van der Waals surface area (Å²) in [6.07, 6.45) is -0.0301. The van der Waals surface area contributed by atoms with Crippen molar-refractivity contribution in [2.24, 2.45) is 0 Å². The van der Waals surface area contributed by atoms with Crippen LogP contribution in [-0.2, 0) is 32.9 Å². The van der Waals surface area contributed by atoms with E-state index in [2.05, 4.69) is 0 Å². The summed E-state index contributed by atoms with van der Waals surface area (Å²) in [5.41, 5.74) is 1.21. The fourth-order valence-corrected chi connectivity index (χ4v) is 3.43. The van der Waals surface area contributed by atoms with Gasteiger partial charge in [-0.3, -0.25) is 0 Å². The highest BCUT2D eigenvalue weighted by atomic mass is 32.2. The highest BCUT2D eigenvalue weighted by molar-refractivity contribution is 7.88. The van der Waals surface area contributed by atoms with E-state index in [-0.39, 0.29) is 18.9 Å². The summed E-state index contributed by atoms with van der Waals surface area (Å²) in [6, 6.07) is 20.4. The number of carbonyl (C=O) groups excluding carboxylic acids is 2. The van der Waals surface area contributed by atoms with Gasteiger partial charge in [0, 0.05) is 6.20 Å². The molecule has 0 aliphatic rings. The van der Waals surface area contributed by atoms with Crippen molar-refractivity contribution >= 4 is 22.3 Å². The third kappa shape index (κ3) is 5.45. The molecule has 0 aliphatic heterocycles. The molecule has 0 unspecified atom stereocenters. The molecule has 29 heavy (non-hydrogen) atoms. The molecule has 1 N–H and O–H groups in total. The van der Waals surface area contributed by atoms with Crippen LogP contribution >= 0.6 is 0 Å². The lowest BCUT2D eigenvalue weighted by Gasteiger charge is -2.11. The lowest BCUT2D eigenvalue weighted by atomic mass is 10.2. The highest BCUT2D eigenvalue weighted by Gasteiger charge is 2.24. The van der Waals surface area contributed by atoms with Crippen LogP contribution in [0.4, 0.5) is 4.79 Å². The quantitative estimate of drug-likeness (QED) is 0.596. The first kappa shape index (κ1) is 20.2. The number of carbonyl (C=O) groups is 2. The van der Waals surface area contributed by atoms with E-state index in [1.807, 2.05) is 6.07 Å². The number of hydrogen-bond donors (Lipinski definition) is 1. The molecule has 1 amide bonds. The van der Waals surface area contributed by atoms with Gasteiger partial charge in [0.2, 0.25) is 0 Å². The second kappa shape index (κ2) is 9.07. The van der Waals surface area contributed by atoms with Gasteiger partial charge in [0.05, 0.1) is 0 Å². The Hall–Kier alpha value is -3.59. The predicted octanol–water partition coefficient (Wildman–Crippen LogP) is 2.86. The molecular weight excluding hydrogens is 396 g/mol. The second-order valence-electron chi connectivity index (χ2n) is 5.92. The zero-order valence-electron chi connectivity index (χ0n) is 15.2. The van der Waals surface area contributed by atoms with Crippen LogP contribution in [0.1, 0.15) is 21.6 Å². The van der Waals surface area contributed by atoms with E-state index < -0.39 is 22.3 Å². The van der Waals surface area contributed by atoms with Crippen molar-refractivity contribution in [2.75, 3.05) is 0 Å². The Morgan fingerprint density at radius 2 is 1.34 bits per heavy atom. The van der Waals surface area contributed by atoms with Gasteiger partial charge >= 0.3 is 22.3 Å². The minimum absolute atomic E-state index is 0.0164. The van der Waals surface area contributed by atoms with Crippen molar-refractivity contribution in [3.63, 3.8) is 0 Å². The summed E-state index contributed by atoms with van der Waals surface area (Å²) in [7, 11) is -4.39. The fourth-order valence-electron chi connectivity index (χ4n) is 2.44. The SMILES string of the molecule is O=C(NS(=O)(=O)n1cccc1C(=O)OCc1ccccc1)OCc1ccccc1. The third-order valence-electron chi connectivity index (χ3n) is 3.82. The summed E-state index contributed by atoms with van der Waals surface area (Å²) < 4.78 is 37.4. The maximum absolute atomic E-state index is 12.5. The van der Waals surface area contributed by atoms with Gasteiger partial charge in [0.25, 0.3) is 0 Å². The van der Waals surface area contributed by atoms with Gasteiger partial charge in [-0.05, 0) is 23.3 Å². The molecule has 1 heterocycles. The van der Waals surface area contributed by atoms with Gasteiger partial charge in [0.15, 0.2) is 0 Å². The van der Waals surface area contributed by atoms with Gasteiger partial charge < -0.3 is 9.47 Å². The van der Waals surface area contributed by atoms with Crippen LogP contribution in [0.3, 0.4) is 0 Å². The molecule has 150 valence electrons. The number of amides is 1.